The molecular formula is C24H20N2O4S. The summed E-state index contributed by atoms with van der Waals surface area (Å²) in [5.41, 5.74) is 2.56. The molecule has 1 saturated heterocycles. The fraction of sp³-hybridized carbons (Fsp3) is 0.125. The quantitative estimate of drug-likeness (QED) is 0.549. The number of methoxy groups -OCH3 is 1. The summed E-state index contributed by atoms with van der Waals surface area (Å²) < 4.78 is 5.26. The third kappa shape index (κ3) is 5.13. The fourth-order valence-electron chi connectivity index (χ4n) is 3.20. The van der Waals surface area contributed by atoms with Crippen molar-refractivity contribution >= 4 is 51.3 Å². The number of hydrogen-bond acceptors (Lipinski definition) is 5. The van der Waals surface area contributed by atoms with Gasteiger partial charge < -0.3 is 15.2 Å². The highest BCUT2D eigenvalue weighted by atomic mass is 32.2. The van der Waals surface area contributed by atoms with E-state index < -0.39 is 5.97 Å². The van der Waals surface area contributed by atoms with E-state index in [1.165, 1.54) is 11.8 Å². The van der Waals surface area contributed by atoms with Crippen LogP contribution in [0.5, 0.6) is 5.75 Å². The first-order valence-corrected chi connectivity index (χ1v) is 10.5. The van der Waals surface area contributed by atoms with Gasteiger partial charge in [0.05, 0.1) is 17.7 Å². The smallest absolute Gasteiger partial charge is 0.303 e. The van der Waals surface area contributed by atoms with Gasteiger partial charge in [-0.25, -0.2) is 4.99 Å². The van der Waals surface area contributed by atoms with Crippen LogP contribution in [0.15, 0.2) is 70.6 Å². The summed E-state index contributed by atoms with van der Waals surface area (Å²) in [5, 5.41) is 14.2. The summed E-state index contributed by atoms with van der Waals surface area (Å²) >= 11 is 1.29. The van der Waals surface area contributed by atoms with Crippen LogP contribution in [-0.2, 0) is 16.0 Å². The zero-order valence-electron chi connectivity index (χ0n) is 16.8. The Bertz CT molecular complexity index is 1220. The molecule has 0 bridgehead atoms. The standard InChI is InChI=1S/C24H20N2O4S/c1-30-20-10-7-17-12-16(2-6-18(17)14-20)13-21-23(29)26-24(31-21)25-19-8-3-15(4-9-19)5-11-22(27)28/h2-4,6-10,12-14H,5,11H2,1H3,(H,27,28)(H,25,26,29)/b21-13-. The number of nitrogens with zero attached hydrogens (tertiary/aromatic N) is 1. The number of aryl methyl sites for hydroxylation is 1. The van der Waals surface area contributed by atoms with Gasteiger partial charge in [-0.05, 0) is 76.5 Å². The zero-order chi connectivity index (χ0) is 21.8. The molecule has 1 fully saturated rings. The second-order valence-electron chi connectivity index (χ2n) is 7.01. The SMILES string of the molecule is COc1ccc2cc(/C=C3\SC(=Nc4ccc(CCC(=O)O)cc4)NC3=O)ccc2c1. The Kier molecular flexibility index (Phi) is 6.04. The van der Waals surface area contributed by atoms with Gasteiger partial charge >= 0.3 is 5.97 Å². The summed E-state index contributed by atoms with van der Waals surface area (Å²) in [6, 6.07) is 19.2. The number of carboxylic acid groups (broad SMARTS) is 1. The van der Waals surface area contributed by atoms with Crippen molar-refractivity contribution in [3.05, 3.63) is 76.7 Å². The van der Waals surface area contributed by atoms with Gasteiger partial charge in [0.2, 0.25) is 0 Å². The van der Waals surface area contributed by atoms with Crippen LogP contribution in [0.3, 0.4) is 0 Å². The Morgan fingerprint density at radius 2 is 1.84 bits per heavy atom. The van der Waals surface area contributed by atoms with E-state index in [2.05, 4.69) is 10.3 Å². The minimum absolute atomic E-state index is 0.0935. The van der Waals surface area contributed by atoms with Crippen molar-refractivity contribution in [3.8, 4) is 5.75 Å². The molecule has 0 aromatic heterocycles. The van der Waals surface area contributed by atoms with Crippen molar-refractivity contribution in [2.75, 3.05) is 7.11 Å². The van der Waals surface area contributed by atoms with Crippen molar-refractivity contribution in [3.63, 3.8) is 0 Å². The van der Waals surface area contributed by atoms with E-state index in [0.717, 1.165) is 27.6 Å². The maximum atomic E-state index is 12.4. The lowest BCUT2D eigenvalue weighted by Gasteiger charge is -2.03. The third-order valence-electron chi connectivity index (χ3n) is 4.81. The first-order valence-electron chi connectivity index (χ1n) is 9.68. The number of aliphatic imine (C=N–C) groups is 1. The molecule has 2 N–H and O–H groups in total. The number of aliphatic carboxylic acids is 1. The summed E-state index contributed by atoms with van der Waals surface area (Å²) in [6.45, 7) is 0. The number of fused-ring (bicyclic) bond motifs is 1. The summed E-state index contributed by atoms with van der Waals surface area (Å²) in [6.07, 6.45) is 2.42. The Morgan fingerprint density at radius 3 is 2.58 bits per heavy atom. The number of nitrogens with one attached hydrogen (secondary N) is 1. The molecule has 0 aliphatic carbocycles. The average Bonchev–Trinajstić information content (AvgIpc) is 3.11. The zero-order valence-corrected chi connectivity index (χ0v) is 17.6. The van der Waals surface area contributed by atoms with Crippen LogP contribution in [0.4, 0.5) is 5.69 Å². The van der Waals surface area contributed by atoms with Crippen molar-refractivity contribution in [1.82, 2.24) is 5.32 Å². The number of carbonyl (C=O) groups excluding carboxylic acids is 1. The van der Waals surface area contributed by atoms with Gasteiger partial charge in [-0.15, -0.1) is 0 Å². The molecule has 1 heterocycles. The molecule has 6 nitrogen and oxygen atoms in total. The van der Waals surface area contributed by atoms with E-state index in [-0.39, 0.29) is 12.3 Å². The largest absolute Gasteiger partial charge is 0.497 e. The first kappa shape index (κ1) is 20.7. The molecule has 1 aliphatic rings. The van der Waals surface area contributed by atoms with Crippen LogP contribution in [0.25, 0.3) is 16.8 Å². The Labute approximate surface area is 183 Å². The lowest BCUT2D eigenvalue weighted by atomic mass is 10.1. The highest BCUT2D eigenvalue weighted by Gasteiger charge is 2.23. The van der Waals surface area contributed by atoms with Crippen LogP contribution < -0.4 is 10.1 Å². The number of thioether (sulfide) groups is 1. The first-order chi connectivity index (χ1) is 15.0. The van der Waals surface area contributed by atoms with E-state index in [1.54, 1.807) is 7.11 Å². The number of carboxylic acids is 1. The van der Waals surface area contributed by atoms with E-state index in [4.69, 9.17) is 9.84 Å². The van der Waals surface area contributed by atoms with E-state index in [1.807, 2.05) is 66.7 Å². The van der Waals surface area contributed by atoms with Gasteiger partial charge in [0.1, 0.15) is 5.75 Å². The van der Waals surface area contributed by atoms with Gasteiger partial charge in [0.25, 0.3) is 5.91 Å². The molecule has 0 spiro atoms. The van der Waals surface area contributed by atoms with Crippen LogP contribution in [0.1, 0.15) is 17.5 Å². The maximum Gasteiger partial charge on any atom is 0.303 e. The predicted octanol–water partition coefficient (Wildman–Crippen LogP) is 4.76. The highest BCUT2D eigenvalue weighted by Crippen LogP contribution is 2.29. The van der Waals surface area contributed by atoms with Crippen molar-refractivity contribution in [1.29, 1.82) is 0 Å². The molecule has 31 heavy (non-hydrogen) atoms. The minimum atomic E-state index is -0.820. The second-order valence-corrected chi connectivity index (χ2v) is 8.05. The highest BCUT2D eigenvalue weighted by molar-refractivity contribution is 8.18. The van der Waals surface area contributed by atoms with Crippen LogP contribution >= 0.6 is 11.8 Å². The van der Waals surface area contributed by atoms with Crippen molar-refractivity contribution in [2.45, 2.75) is 12.8 Å². The number of hydrogen-bond donors (Lipinski definition) is 2. The molecule has 0 radical (unpaired) electrons. The number of amidine groups is 1. The molecular weight excluding hydrogens is 412 g/mol. The molecule has 0 unspecified atom stereocenters. The van der Waals surface area contributed by atoms with Gasteiger partial charge in [-0.2, -0.15) is 0 Å². The normalized spacial score (nSPS) is 16.1. The molecule has 3 aromatic rings. The molecule has 0 saturated carbocycles. The minimum Gasteiger partial charge on any atom is -0.497 e. The van der Waals surface area contributed by atoms with E-state index >= 15 is 0 Å². The number of carbonyl (C=O) groups is 2. The van der Waals surface area contributed by atoms with Gasteiger partial charge in [0.15, 0.2) is 5.17 Å². The van der Waals surface area contributed by atoms with Gasteiger partial charge in [0, 0.05) is 6.42 Å². The summed E-state index contributed by atoms with van der Waals surface area (Å²) in [4.78, 5) is 28.1. The molecule has 156 valence electrons. The number of ether oxygens (including phenoxy) is 1. The topological polar surface area (TPSA) is 88.0 Å². The number of benzene rings is 3. The summed E-state index contributed by atoms with van der Waals surface area (Å²) in [7, 11) is 1.64. The van der Waals surface area contributed by atoms with Crippen molar-refractivity contribution in [2.24, 2.45) is 4.99 Å². The molecule has 3 aromatic carbocycles. The van der Waals surface area contributed by atoms with Gasteiger partial charge in [-0.1, -0.05) is 30.3 Å². The second kappa shape index (κ2) is 9.06. The molecule has 7 heteroatoms. The lowest BCUT2D eigenvalue weighted by molar-refractivity contribution is -0.137. The van der Waals surface area contributed by atoms with E-state index in [0.29, 0.717) is 22.2 Å². The average molecular weight is 433 g/mol. The van der Waals surface area contributed by atoms with Crippen LogP contribution in [0, 0.1) is 0 Å². The van der Waals surface area contributed by atoms with E-state index in [9.17, 15) is 9.59 Å². The molecule has 1 amide bonds. The third-order valence-corrected chi connectivity index (χ3v) is 5.72. The summed E-state index contributed by atoms with van der Waals surface area (Å²) in [5.74, 6) is -0.198. The lowest BCUT2D eigenvalue weighted by Crippen LogP contribution is -2.19. The Hall–Kier alpha value is -3.58. The Balaban J connectivity index is 1.49. The van der Waals surface area contributed by atoms with Crippen LogP contribution in [0.2, 0.25) is 0 Å². The Morgan fingerprint density at radius 1 is 1.10 bits per heavy atom. The monoisotopic (exact) mass is 432 g/mol. The fourth-order valence-corrected chi connectivity index (χ4v) is 4.04. The number of rotatable bonds is 6. The molecule has 0 atom stereocenters. The maximum absolute atomic E-state index is 12.4. The number of amides is 1. The predicted molar refractivity (Wildman–Crippen MR) is 124 cm³/mol. The van der Waals surface area contributed by atoms with Gasteiger partial charge in [-0.3, -0.25) is 9.59 Å². The van der Waals surface area contributed by atoms with Crippen LogP contribution in [-0.4, -0.2) is 29.3 Å². The molecule has 1 aliphatic heterocycles. The van der Waals surface area contributed by atoms with Crippen molar-refractivity contribution < 1.29 is 19.4 Å². The molecule has 4 rings (SSSR count).